The summed E-state index contributed by atoms with van der Waals surface area (Å²) in [5.74, 6) is 0.137. The van der Waals surface area contributed by atoms with E-state index in [1.54, 1.807) is 34.8 Å². The minimum atomic E-state index is -1.13. The van der Waals surface area contributed by atoms with Crippen LogP contribution in [-0.4, -0.2) is 59.0 Å². The predicted molar refractivity (Wildman–Crippen MR) is 150 cm³/mol. The average molecular weight is 528 g/mol. The first-order valence-corrected chi connectivity index (χ1v) is 13.1. The van der Waals surface area contributed by atoms with Gasteiger partial charge in [-0.05, 0) is 30.4 Å². The number of carbonyl (C=O) groups is 1. The Labute approximate surface area is 226 Å². The lowest BCUT2D eigenvalue weighted by Crippen LogP contribution is -2.49. The van der Waals surface area contributed by atoms with E-state index in [0.717, 1.165) is 11.1 Å². The van der Waals surface area contributed by atoms with Crippen molar-refractivity contribution in [2.24, 2.45) is 7.05 Å². The smallest absolute Gasteiger partial charge is 0.281 e. The number of carbonyl (C=O) groups excluding carboxylic acids is 1. The number of aryl methyl sites for hydroxylation is 1. The fraction of sp³-hybridized carbons (Fsp3) is 0.333. The highest BCUT2D eigenvalue weighted by Crippen LogP contribution is 2.29. The first-order valence-electron chi connectivity index (χ1n) is 13.1. The Morgan fingerprint density at radius 3 is 2.51 bits per heavy atom. The molecule has 9 heteroatoms. The van der Waals surface area contributed by atoms with Gasteiger partial charge in [0.1, 0.15) is 11.3 Å². The number of benzene rings is 2. The van der Waals surface area contributed by atoms with Crippen molar-refractivity contribution in [2.45, 2.75) is 44.2 Å². The van der Waals surface area contributed by atoms with Crippen molar-refractivity contribution in [3.05, 3.63) is 89.0 Å². The lowest BCUT2D eigenvalue weighted by molar-refractivity contribution is -0.136. The van der Waals surface area contributed by atoms with Crippen molar-refractivity contribution in [2.75, 3.05) is 13.1 Å². The van der Waals surface area contributed by atoms with Gasteiger partial charge in [0.25, 0.3) is 5.56 Å². The average Bonchev–Trinajstić information content (AvgIpc) is 3.27. The molecule has 1 atom stereocenters. The summed E-state index contributed by atoms with van der Waals surface area (Å²) in [6, 6.07) is 17.1. The number of aliphatic hydroxyl groups is 2. The van der Waals surface area contributed by atoms with E-state index in [1.165, 1.54) is 10.9 Å². The number of aromatic nitrogens is 4. The lowest BCUT2D eigenvalue weighted by atomic mass is 9.90. The van der Waals surface area contributed by atoms with Crippen LogP contribution >= 0.6 is 0 Å². The van der Waals surface area contributed by atoms with E-state index in [9.17, 15) is 19.8 Å². The molecule has 3 heterocycles. The van der Waals surface area contributed by atoms with Gasteiger partial charge in [-0.2, -0.15) is 5.10 Å². The molecule has 0 spiro atoms. The highest BCUT2D eigenvalue weighted by Gasteiger charge is 2.35. The minimum Gasteiger partial charge on any atom is -0.508 e. The quantitative estimate of drug-likeness (QED) is 0.353. The summed E-state index contributed by atoms with van der Waals surface area (Å²) in [6.07, 6.45) is 2.60. The molecule has 0 unspecified atom stereocenters. The molecule has 2 aromatic heterocycles. The van der Waals surface area contributed by atoms with Gasteiger partial charge in [-0.15, -0.1) is 0 Å². The third-order valence-corrected chi connectivity index (χ3v) is 7.64. The van der Waals surface area contributed by atoms with Crippen LogP contribution in [0.2, 0.25) is 0 Å². The molecule has 5 rings (SSSR count). The molecule has 39 heavy (non-hydrogen) atoms. The molecule has 1 fully saturated rings. The number of likely N-dealkylation sites (tertiary alicyclic amines) is 1. The van der Waals surface area contributed by atoms with Crippen LogP contribution in [0.5, 0.6) is 0 Å². The molecule has 1 aliphatic rings. The van der Waals surface area contributed by atoms with Crippen LogP contribution in [0.15, 0.2) is 72.3 Å². The zero-order valence-corrected chi connectivity index (χ0v) is 22.2. The third-order valence-electron chi connectivity index (χ3n) is 7.64. The van der Waals surface area contributed by atoms with Gasteiger partial charge in [-0.3, -0.25) is 18.8 Å². The summed E-state index contributed by atoms with van der Waals surface area (Å²) in [5, 5.41) is 25.5. The van der Waals surface area contributed by atoms with Gasteiger partial charge < -0.3 is 15.1 Å². The monoisotopic (exact) mass is 527 g/mol. The van der Waals surface area contributed by atoms with Crippen molar-refractivity contribution >= 4 is 22.7 Å². The highest BCUT2D eigenvalue weighted by molar-refractivity contribution is 5.89. The molecule has 2 aromatic carbocycles. The number of rotatable bonds is 7. The number of fused-ring (bicyclic) bond motifs is 1. The summed E-state index contributed by atoms with van der Waals surface area (Å²) >= 11 is 0. The Bertz CT molecular complexity index is 1580. The number of hydrogen-bond donors (Lipinski definition) is 2. The standard InChI is InChI=1S/C30H33N5O4/c1-20(22-8-5-4-6-9-22)16-25(37)34-14-12-30(39,13-15-34)18-35-19-31-26-27(29(35)38)32-33(3)28(26)24-11-7-10-23(17-24)21(2)36/h4-11,17,19-20,36,39H,2,12-16,18H2,1,3H3/t20-/m1/s1. The Hall–Kier alpha value is -4.24. The second kappa shape index (κ2) is 10.5. The maximum Gasteiger partial charge on any atom is 0.281 e. The van der Waals surface area contributed by atoms with Gasteiger partial charge in [-0.25, -0.2) is 4.98 Å². The minimum absolute atomic E-state index is 0.0506. The lowest BCUT2D eigenvalue weighted by Gasteiger charge is -2.38. The molecule has 0 radical (unpaired) electrons. The highest BCUT2D eigenvalue weighted by atomic mass is 16.3. The number of aliphatic hydroxyl groups excluding tert-OH is 1. The first kappa shape index (κ1) is 26.4. The molecule has 0 bridgehead atoms. The molecule has 0 aliphatic carbocycles. The molecule has 1 aliphatic heterocycles. The Morgan fingerprint density at radius 2 is 1.82 bits per heavy atom. The zero-order chi connectivity index (χ0) is 27.7. The fourth-order valence-electron chi connectivity index (χ4n) is 5.32. The largest absolute Gasteiger partial charge is 0.508 e. The van der Waals surface area contributed by atoms with E-state index >= 15 is 0 Å². The zero-order valence-electron chi connectivity index (χ0n) is 22.2. The van der Waals surface area contributed by atoms with Gasteiger partial charge in [-0.1, -0.05) is 62.0 Å². The van der Waals surface area contributed by atoms with Crippen LogP contribution in [0, 0.1) is 0 Å². The van der Waals surface area contributed by atoms with Crippen LogP contribution in [0.25, 0.3) is 28.0 Å². The molecule has 1 amide bonds. The summed E-state index contributed by atoms with van der Waals surface area (Å²) in [6.45, 7) is 6.56. The van der Waals surface area contributed by atoms with Crippen molar-refractivity contribution in [1.82, 2.24) is 24.2 Å². The van der Waals surface area contributed by atoms with E-state index in [2.05, 4.69) is 16.7 Å². The second-order valence-electron chi connectivity index (χ2n) is 10.5. The van der Waals surface area contributed by atoms with E-state index in [4.69, 9.17) is 0 Å². The van der Waals surface area contributed by atoms with Gasteiger partial charge >= 0.3 is 0 Å². The number of nitrogens with zero attached hydrogens (tertiary/aromatic N) is 5. The van der Waals surface area contributed by atoms with Crippen molar-refractivity contribution in [3.8, 4) is 11.3 Å². The van der Waals surface area contributed by atoms with Crippen LogP contribution in [0.4, 0.5) is 0 Å². The van der Waals surface area contributed by atoms with Gasteiger partial charge in [0.15, 0.2) is 5.52 Å². The molecule has 1 saturated heterocycles. The Morgan fingerprint density at radius 1 is 1.10 bits per heavy atom. The summed E-state index contributed by atoms with van der Waals surface area (Å²) in [7, 11) is 1.74. The SMILES string of the molecule is C=C(O)c1cccc(-c2c3ncn(CC4(O)CCN(C(=O)C[C@@H](C)c5ccccc5)CC4)c(=O)c3nn2C)c1. The maximum absolute atomic E-state index is 13.4. The molecular formula is C30H33N5O4. The second-order valence-corrected chi connectivity index (χ2v) is 10.5. The Kier molecular flexibility index (Phi) is 7.10. The molecule has 0 saturated carbocycles. The number of amides is 1. The van der Waals surface area contributed by atoms with E-state index in [0.29, 0.717) is 49.1 Å². The van der Waals surface area contributed by atoms with Gasteiger partial charge in [0.2, 0.25) is 5.91 Å². The van der Waals surface area contributed by atoms with Gasteiger partial charge in [0, 0.05) is 37.7 Å². The van der Waals surface area contributed by atoms with Crippen LogP contribution in [0.1, 0.15) is 43.2 Å². The Balaban J connectivity index is 1.30. The molecular weight excluding hydrogens is 494 g/mol. The van der Waals surface area contributed by atoms with Crippen LogP contribution < -0.4 is 5.56 Å². The topological polar surface area (TPSA) is 113 Å². The van der Waals surface area contributed by atoms with Gasteiger partial charge in [0.05, 0.1) is 24.2 Å². The van der Waals surface area contributed by atoms with E-state index < -0.39 is 5.60 Å². The van der Waals surface area contributed by atoms with E-state index in [1.807, 2.05) is 43.3 Å². The summed E-state index contributed by atoms with van der Waals surface area (Å²) in [4.78, 5) is 32.6. The van der Waals surface area contributed by atoms with Crippen LogP contribution in [0.3, 0.4) is 0 Å². The normalized spacial score (nSPS) is 15.8. The van der Waals surface area contributed by atoms with Crippen molar-refractivity contribution in [3.63, 3.8) is 0 Å². The maximum atomic E-state index is 13.4. The number of hydrogen-bond acceptors (Lipinski definition) is 6. The van der Waals surface area contributed by atoms with Crippen molar-refractivity contribution < 1.29 is 15.0 Å². The summed E-state index contributed by atoms with van der Waals surface area (Å²) in [5.41, 5.74) is 2.26. The fourth-order valence-corrected chi connectivity index (χ4v) is 5.32. The summed E-state index contributed by atoms with van der Waals surface area (Å²) < 4.78 is 3.00. The molecule has 9 nitrogen and oxygen atoms in total. The van der Waals surface area contributed by atoms with Crippen molar-refractivity contribution in [1.29, 1.82) is 0 Å². The first-order chi connectivity index (χ1) is 18.6. The molecule has 2 N–H and O–H groups in total. The molecule has 202 valence electrons. The molecule has 4 aromatic rings. The predicted octanol–water partition coefficient (Wildman–Crippen LogP) is 3.87. The third kappa shape index (κ3) is 5.35. The number of piperidine rings is 1. The van der Waals surface area contributed by atoms with Crippen LogP contribution in [-0.2, 0) is 18.4 Å². The van der Waals surface area contributed by atoms with E-state index in [-0.39, 0.29) is 35.2 Å².